The Morgan fingerprint density at radius 1 is 0.404 bits per heavy atom. The molecule has 0 heterocycles. The second kappa shape index (κ2) is 22.8. The Balaban J connectivity index is 5.50. The normalized spacial score (nSPS) is 14.9. The zero-order valence-electron chi connectivity index (χ0n) is 31.1. The van der Waals surface area contributed by atoms with Gasteiger partial charge >= 0.3 is 15.2 Å². The molecule has 0 unspecified atom stereocenters. The monoisotopic (exact) mass is 692 g/mol. The average molecular weight is 693 g/mol. The van der Waals surface area contributed by atoms with Crippen LogP contribution in [0, 0.1) is 0 Å². The highest BCUT2D eigenvalue weighted by molar-refractivity contribution is 7.73. The van der Waals surface area contributed by atoms with Crippen molar-refractivity contribution in [2.24, 2.45) is 0 Å². The summed E-state index contributed by atoms with van der Waals surface area (Å²) in [5, 5.41) is 0. The van der Waals surface area contributed by atoms with Gasteiger partial charge in [-0.2, -0.15) is 0 Å². The Morgan fingerprint density at radius 3 is 0.830 bits per heavy atom. The van der Waals surface area contributed by atoms with Gasteiger partial charge in [0.25, 0.3) is 0 Å². The van der Waals surface area contributed by atoms with Crippen molar-refractivity contribution in [3.05, 3.63) is 93.2 Å². The van der Waals surface area contributed by atoms with Gasteiger partial charge in [-0.05, 0) is 146 Å². The van der Waals surface area contributed by atoms with Gasteiger partial charge in [-0.25, -0.2) is 0 Å². The van der Waals surface area contributed by atoms with Crippen LogP contribution in [0.4, 0.5) is 0 Å². The van der Waals surface area contributed by atoms with Crippen LogP contribution in [0.5, 0.6) is 0 Å². The Hall–Kier alpha value is -1.78. The van der Waals surface area contributed by atoms with E-state index < -0.39 is 20.1 Å². The molecule has 0 aliphatic carbocycles. The molecule has 0 radical (unpaired) electrons. The van der Waals surface area contributed by atoms with Gasteiger partial charge < -0.3 is 19.6 Å². The van der Waals surface area contributed by atoms with Gasteiger partial charge in [-0.1, -0.05) is 93.2 Å². The highest BCUT2D eigenvalue weighted by atomic mass is 31.2. The summed E-state index contributed by atoms with van der Waals surface area (Å²) in [5.41, 5.74) is 8.90. The summed E-state index contributed by atoms with van der Waals surface area (Å²) in [5.74, 6) is 0. The van der Waals surface area contributed by atoms with Crippen molar-refractivity contribution in [1.29, 1.82) is 0 Å². The predicted octanol–water partition coefficient (Wildman–Crippen LogP) is 12.3. The lowest BCUT2D eigenvalue weighted by Crippen LogP contribution is -2.25. The lowest BCUT2D eigenvalue weighted by atomic mass is 10.0. The third kappa shape index (κ3) is 20.4. The van der Waals surface area contributed by atoms with Gasteiger partial charge in [-0.3, -0.25) is 9.13 Å². The van der Waals surface area contributed by atoms with Gasteiger partial charge in [0.2, 0.25) is 4.90 Å². The Bertz CT molecular complexity index is 1210. The first-order valence-corrected chi connectivity index (χ1v) is 20.3. The van der Waals surface area contributed by atoms with Gasteiger partial charge in [-0.15, -0.1) is 0 Å². The van der Waals surface area contributed by atoms with E-state index in [-0.39, 0.29) is 0 Å². The number of rotatable bonds is 22. The van der Waals surface area contributed by atoms with Crippen molar-refractivity contribution < 1.29 is 28.7 Å². The molecule has 0 bridgehead atoms. The topological polar surface area (TPSA) is 115 Å². The second-order valence-corrected chi connectivity index (χ2v) is 17.9. The Morgan fingerprint density at radius 2 is 0.617 bits per heavy atom. The minimum atomic E-state index is -5.28. The standard InChI is InChI=1S/C39H66O6P2/c1-31(2)17-11-19-33(5)21-13-23-35(7)25-15-27-37(9)29-39(46(40,41)42,47(43,44)45)30-38(10)28-16-26-36(8)24-14-22-34(6)20-12-18-32(3)4/h17-18,21-22,25-26,29-30H,11-16,19-20,23-24,27-28H2,1-10H3,(H2,40,41,42)(H2,43,44,45)/b33-21+,34-22+,35-25-,36-26-,37-29+,38-30+. The number of allylic oxidation sites excluding steroid dienone is 16. The molecule has 6 nitrogen and oxygen atoms in total. The van der Waals surface area contributed by atoms with Gasteiger partial charge in [0.1, 0.15) is 0 Å². The first kappa shape index (κ1) is 45.2. The molecule has 0 rings (SSSR count). The fourth-order valence-corrected chi connectivity index (χ4v) is 8.10. The van der Waals surface area contributed by atoms with E-state index in [1.54, 1.807) is 13.8 Å². The average Bonchev–Trinajstić information content (AvgIpc) is 2.91. The minimum Gasteiger partial charge on any atom is -0.323 e. The van der Waals surface area contributed by atoms with Crippen LogP contribution in [0.15, 0.2) is 93.2 Å². The van der Waals surface area contributed by atoms with E-state index >= 15 is 0 Å². The van der Waals surface area contributed by atoms with Gasteiger partial charge in [0.15, 0.2) is 0 Å². The molecule has 0 fully saturated rings. The number of hydrogen-bond donors (Lipinski definition) is 4. The van der Waals surface area contributed by atoms with Crippen LogP contribution in [0.2, 0.25) is 0 Å². The van der Waals surface area contributed by atoms with Gasteiger partial charge in [0, 0.05) is 0 Å². The van der Waals surface area contributed by atoms with Crippen LogP contribution in [0.3, 0.4) is 0 Å². The fraction of sp³-hybridized carbons (Fsp3) is 0.590. The van der Waals surface area contributed by atoms with E-state index in [1.165, 1.54) is 33.4 Å². The SMILES string of the molecule is CC(C)=CCC/C(C)=C/CC/C(C)=C\CC/C(C)=C/C(/C=C(\C)CC/C=C(/C)CC/C=C(\C)CCC=C(C)C)(P(=O)(O)O)P(=O)(O)O. The first-order valence-electron chi connectivity index (χ1n) is 17.1. The maximum atomic E-state index is 12.8. The molecule has 0 aromatic carbocycles. The summed E-state index contributed by atoms with van der Waals surface area (Å²) < 4.78 is 25.5. The summed E-state index contributed by atoms with van der Waals surface area (Å²) in [4.78, 5) is 38.6. The van der Waals surface area contributed by atoms with Crippen molar-refractivity contribution in [3.8, 4) is 0 Å². The van der Waals surface area contributed by atoms with Crippen molar-refractivity contribution >= 4 is 15.2 Å². The van der Waals surface area contributed by atoms with E-state index in [4.69, 9.17) is 0 Å². The molecule has 0 aliphatic rings. The van der Waals surface area contributed by atoms with Crippen LogP contribution < -0.4 is 0 Å². The fourth-order valence-electron chi connectivity index (χ4n) is 5.19. The zero-order chi connectivity index (χ0) is 36.3. The Labute approximate surface area is 287 Å². The van der Waals surface area contributed by atoms with E-state index in [0.29, 0.717) is 36.8 Å². The van der Waals surface area contributed by atoms with Crippen molar-refractivity contribution in [1.82, 2.24) is 0 Å². The molecule has 0 saturated carbocycles. The van der Waals surface area contributed by atoms with Crippen molar-refractivity contribution in [2.75, 3.05) is 0 Å². The van der Waals surface area contributed by atoms with E-state index in [0.717, 1.165) is 63.5 Å². The van der Waals surface area contributed by atoms with E-state index in [2.05, 4.69) is 91.8 Å². The summed E-state index contributed by atoms with van der Waals surface area (Å²) in [7, 11) is -10.6. The van der Waals surface area contributed by atoms with Crippen molar-refractivity contribution in [3.63, 3.8) is 0 Å². The maximum Gasteiger partial charge on any atom is 0.351 e. The summed E-state index contributed by atoms with van der Waals surface area (Å²) in [6.07, 6.45) is 25.5. The van der Waals surface area contributed by atoms with Crippen LogP contribution in [-0.2, 0) is 9.13 Å². The molecule has 0 spiro atoms. The molecule has 268 valence electrons. The van der Waals surface area contributed by atoms with Crippen LogP contribution in [0.25, 0.3) is 0 Å². The van der Waals surface area contributed by atoms with E-state index in [1.807, 2.05) is 0 Å². The van der Waals surface area contributed by atoms with Crippen molar-refractivity contribution in [2.45, 2.75) is 151 Å². The van der Waals surface area contributed by atoms with E-state index in [9.17, 15) is 28.7 Å². The molecule has 8 heteroatoms. The first-order chi connectivity index (χ1) is 21.7. The quantitative estimate of drug-likeness (QED) is 0.0663. The van der Waals surface area contributed by atoms with Crippen LogP contribution >= 0.6 is 15.2 Å². The minimum absolute atomic E-state index is 0.439. The molecule has 0 aromatic heterocycles. The lowest BCUT2D eigenvalue weighted by Gasteiger charge is -2.30. The lowest BCUT2D eigenvalue weighted by molar-refractivity contribution is 0.332. The molecule has 0 aliphatic heterocycles. The molecule has 4 N–H and O–H groups in total. The highest BCUT2D eigenvalue weighted by Gasteiger charge is 2.57. The summed E-state index contributed by atoms with van der Waals surface area (Å²) in [6, 6.07) is 0. The molecule has 47 heavy (non-hydrogen) atoms. The number of hydrogen-bond acceptors (Lipinski definition) is 2. The highest BCUT2D eigenvalue weighted by Crippen LogP contribution is 2.71. The zero-order valence-corrected chi connectivity index (χ0v) is 32.9. The Kier molecular flexibility index (Phi) is 21.9. The third-order valence-corrected chi connectivity index (χ3v) is 12.1. The molecule has 0 amide bonds. The molecular formula is C39H66O6P2. The predicted molar refractivity (Wildman–Crippen MR) is 204 cm³/mol. The smallest absolute Gasteiger partial charge is 0.323 e. The summed E-state index contributed by atoms with van der Waals surface area (Å²) >= 11 is 0. The molecule has 0 saturated heterocycles. The maximum absolute atomic E-state index is 12.8. The molecular weight excluding hydrogens is 626 g/mol. The van der Waals surface area contributed by atoms with Gasteiger partial charge in [0.05, 0.1) is 0 Å². The largest absolute Gasteiger partial charge is 0.351 e. The van der Waals surface area contributed by atoms with Crippen LogP contribution in [-0.4, -0.2) is 24.5 Å². The summed E-state index contributed by atoms with van der Waals surface area (Å²) in [6.45, 7) is 20.2. The third-order valence-electron chi connectivity index (χ3n) is 8.16. The van der Waals surface area contributed by atoms with Crippen LogP contribution in [0.1, 0.15) is 146 Å². The molecule has 0 aromatic rings. The molecule has 0 atom stereocenters. The second-order valence-electron chi connectivity index (χ2n) is 13.8.